The molecule has 5 heteroatoms. The molecule has 0 bridgehead atoms. The number of rotatable bonds is 7. The molecule has 0 spiro atoms. The summed E-state index contributed by atoms with van der Waals surface area (Å²) in [5.74, 6) is 0.225. The van der Waals surface area contributed by atoms with Gasteiger partial charge in [0.2, 0.25) is 5.91 Å². The molecule has 2 atom stereocenters. The lowest BCUT2D eigenvalue weighted by Gasteiger charge is -2.30. The summed E-state index contributed by atoms with van der Waals surface area (Å²) in [7, 11) is 0. The first kappa shape index (κ1) is 16.0. The number of ether oxygens (including phenoxy) is 1. The number of amides is 1. The molecule has 0 aromatic heterocycles. The van der Waals surface area contributed by atoms with Gasteiger partial charge in [-0.2, -0.15) is 0 Å². The minimum Gasteiger partial charge on any atom is -0.466 e. The lowest BCUT2D eigenvalue weighted by Crippen LogP contribution is -2.35. The molecule has 0 radical (unpaired) electrons. The van der Waals surface area contributed by atoms with Crippen LogP contribution in [0.25, 0.3) is 0 Å². The Balaban J connectivity index is 2.19. The van der Waals surface area contributed by atoms with E-state index in [1.165, 1.54) is 12.8 Å². The van der Waals surface area contributed by atoms with Gasteiger partial charge in [0.1, 0.15) is 0 Å². The van der Waals surface area contributed by atoms with E-state index in [9.17, 15) is 14.7 Å². The second-order valence-corrected chi connectivity index (χ2v) is 5.10. The Bertz CT molecular complexity index is 293. The average Bonchev–Trinajstić information content (AvgIpc) is 2.43. The van der Waals surface area contributed by atoms with Gasteiger partial charge in [-0.15, -0.1) is 0 Å². The Labute approximate surface area is 114 Å². The number of aliphatic hydroxyl groups is 1. The Morgan fingerprint density at radius 3 is 2.53 bits per heavy atom. The van der Waals surface area contributed by atoms with E-state index in [-0.39, 0.29) is 31.3 Å². The molecule has 0 heterocycles. The van der Waals surface area contributed by atoms with Crippen LogP contribution in [-0.2, 0) is 14.3 Å². The van der Waals surface area contributed by atoms with Gasteiger partial charge in [-0.1, -0.05) is 12.8 Å². The van der Waals surface area contributed by atoms with Crippen molar-refractivity contribution in [3.63, 3.8) is 0 Å². The molecule has 1 aliphatic carbocycles. The summed E-state index contributed by atoms with van der Waals surface area (Å²) in [6.45, 7) is 2.90. The molecule has 5 nitrogen and oxygen atoms in total. The minimum atomic E-state index is -0.330. The van der Waals surface area contributed by atoms with Crippen molar-refractivity contribution in [2.24, 2.45) is 11.8 Å². The number of aliphatic hydroxyl groups excluding tert-OH is 1. The highest BCUT2D eigenvalue weighted by Crippen LogP contribution is 2.29. The van der Waals surface area contributed by atoms with Crippen LogP contribution >= 0.6 is 0 Å². The highest BCUT2D eigenvalue weighted by molar-refractivity contribution is 5.81. The highest BCUT2D eigenvalue weighted by Gasteiger charge is 2.24. The SMILES string of the molecule is CCOC(=O)CCC(=O)NCC1CCCCC1CO. The Morgan fingerprint density at radius 1 is 1.21 bits per heavy atom. The van der Waals surface area contributed by atoms with Crippen LogP contribution in [0.5, 0.6) is 0 Å². The molecular formula is C14H25NO4. The van der Waals surface area contributed by atoms with Crippen LogP contribution in [0.1, 0.15) is 45.4 Å². The second kappa shape index (κ2) is 8.91. The average molecular weight is 271 g/mol. The third kappa shape index (κ3) is 6.05. The largest absolute Gasteiger partial charge is 0.466 e. The van der Waals surface area contributed by atoms with Gasteiger partial charge in [0.05, 0.1) is 13.0 Å². The predicted molar refractivity (Wildman–Crippen MR) is 71.4 cm³/mol. The van der Waals surface area contributed by atoms with Crippen LogP contribution in [0.15, 0.2) is 0 Å². The third-order valence-electron chi connectivity index (χ3n) is 3.72. The van der Waals surface area contributed by atoms with Gasteiger partial charge in [-0.3, -0.25) is 9.59 Å². The van der Waals surface area contributed by atoms with Crippen LogP contribution < -0.4 is 5.32 Å². The zero-order chi connectivity index (χ0) is 14.1. The number of hydrogen-bond donors (Lipinski definition) is 2. The number of esters is 1. The van der Waals surface area contributed by atoms with Gasteiger partial charge in [0.25, 0.3) is 0 Å². The van der Waals surface area contributed by atoms with Gasteiger partial charge in [0, 0.05) is 19.6 Å². The fourth-order valence-corrected chi connectivity index (χ4v) is 2.58. The Morgan fingerprint density at radius 2 is 1.89 bits per heavy atom. The summed E-state index contributed by atoms with van der Waals surface area (Å²) in [6.07, 6.45) is 4.74. The summed E-state index contributed by atoms with van der Waals surface area (Å²) >= 11 is 0. The standard InChI is InChI=1S/C14H25NO4/c1-2-19-14(18)8-7-13(17)15-9-11-5-3-4-6-12(11)10-16/h11-12,16H,2-10H2,1H3,(H,15,17). The Hall–Kier alpha value is -1.10. The van der Waals surface area contributed by atoms with E-state index < -0.39 is 0 Å². The molecule has 0 aromatic rings. The summed E-state index contributed by atoms with van der Waals surface area (Å²) in [5, 5.41) is 12.1. The quantitative estimate of drug-likeness (QED) is 0.683. The van der Waals surface area contributed by atoms with Crippen molar-refractivity contribution in [3.05, 3.63) is 0 Å². The molecule has 2 N–H and O–H groups in total. The van der Waals surface area contributed by atoms with Crippen LogP contribution in [0.2, 0.25) is 0 Å². The summed E-state index contributed by atoms with van der Waals surface area (Å²) in [6, 6.07) is 0. The molecule has 1 amide bonds. The van der Waals surface area contributed by atoms with E-state index in [1.54, 1.807) is 6.92 Å². The summed E-state index contributed by atoms with van der Waals surface area (Å²) in [4.78, 5) is 22.7. The van der Waals surface area contributed by atoms with Gasteiger partial charge in [-0.25, -0.2) is 0 Å². The van der Waals surface area contributed by atoms with Crippen molar-refractivity contribution in [1.29, 1.82) is 0 Å². The molecule has 19 heavy (non-hydrogen) atoms. The smallest absolute Gasteiger partial charge is 0.306 e. The molecule has 1 fully saturated rings. The van der Waals surface area contributed by atoms with E-state index in [2.05, 4.69) is 5.32 Å². The van der Waals surface area contributed by atoms with Crippen molar-refractivity contribution in [2.45, 2.75) is 45.4 Å². The first-order chi connectivity index (χ1) is 9.17. The molecule has 1 aliphatic rings. The molecule has 0 aromatic carbocycles. The van der Waals surface area contributed by atoms with E-state index in [1.807, 2.05) is 0 Å². The monoisotopic (exact) mass is 271 g/mol. The first-order valence-electron chi connectivity index (χ1n) is 7.20. The topological polar surface area (TPSA) is 75.6 Å². The lowest BCUT2D eigenvalue weighted by atomic mass is 9.79. The van der Waals surface area contributed by atoms with Crippen molar-refractivity contribution in [3.8, 4) is 0 Å². The second-order valence-electron chi connectivity index (χ2n) is 5.10. The molecule has 0 aliphatic heterocycles. The Kier molecular flexibility index (Phi) is 7.48. The third-order valence-corrected chi connectivity index (χ3v) is 3.72. The van der Waals surface area contributed by atoms with Crippen LogP contribution in [0.3, 0.4) is 0 Å². The van der Waals surface area contributed by atoms with E-state index >= 15 is 0 Å². The van der Waals surface area contributed by atoms with Gasteiger partial charge in [0.15, 0.2) is 0 Å². The normalized spacial score (nSPS) is 22.8. The number of carbonyl (C=O) groups is 2. The first-order valence-corrected chi connectivity index (χ1v) is 7.20. The van der Waals surface area contributed by atoms with Gasteiger partial charge < -0.3 is 15.2 Å². The molecule has 2 unspecified atom stereocenters. The maximum absolute atomic E-state index is 11.6. The molecular weight excluding hydrogens is 246 g/mol. The fourth-order valence-electron chi connectivity index (χ4n) is 2.58. The van der Waals surface area contributed by atoms with Crippen LogP contribution in [0, 0.1) is 11.8 Å². The zero-order valence-corrected chi connectivity index (χ0v) is 11.7. The predicted octanol–water partition coefficient (Wildman–Crippen LogP) is 1.24. The lowest BCUT2D eigenvalue weighted by molar-refractivity contribution is -0.144. The maximum atomic E-state index is 11.6. The summed E-state index contributed by atoms with van der Waals surface area (Å²) < 4.78 is 4.77. The van der Waals surface area contributed by atoms with E-state index in [0.717, 1.165) is 12.8 Å². The maximum Gasteiger partial charge on any atom is 0.306 e. The number of carbonyl (C=O) groups excluding carboxylic acids is 2. The molecule has 1 saturated carbocycles. The molecule has 110 valence electrons. The van der Waals surface area contributed by atoms with Gasteiger partial charge in [-0.05, 0) is 31.6 Å². The molecule has 1 rings (SSSR count). The van der Waals surface area contributed by atoms with Crippen LogP contribution in [-0.4, -0.2) is 36.7 Å². The van der Waals surface area contributed by atoms with E-state index in [0.29, 0.717) is 25.0 Å². The fraction of sp³-hybridized carbons (Fsp3) is 0.857. The van der Waals surface area contributed by atoms with Crippen molar-refractivity contribution < 1.29 is 19.4 Å². The minimum absolute atomic E-state index is 0.115. The van der Waals surface area contributed by atoms with Crippen molar-refractivity contribution >= 4 is 11.9 Å². The number of nitrogens with one attached hydrogen (secondary N) is 1. The highest BCUT2D eigenvalue weighted by atomic mass is 16.5. The van der Waals surface area contributed by atoms with Crippen molar-refractivity contribution in [1.82, 2.24) is 5.32 Å². The van der Waals surface area contributed by atoms with Crippen LogP contribution in [0.4, 0.5) is 0 Å². The van der Waals surface area contributed by atoms with Gasteiger partial charge >= 0.3 is 5.97 Å². The van der Waals surface area contributed by atoms with E-state index in [4.69, 9.17) is 4.74 Å². The summed E-state index contributed by atoms with van der Waals surface area (Å²) in [5.41, 5.74) is 0. The zero-order valence-electron chi connectivity index (χ0n) is 11.7. The van der Waals surface area contributed by atoms with Crippen molar-refractivity contribution in [2.75, 3.05) is 19.8 Å². The number of hydrogen-bond acceptors (Lipinski definition) is 4. The molecule has 0 saturated heterocycles.